The Bertz CT molecular complexity index is 412. The third kappa shape index (κ3) is 2.69. The smallest absolute Gasteiger partial charge is 0.255 e. The van der Waals surface area contributed by atoms with E-state index in [9.17, 15) is 4.79 Å². The SMILES string of the molecule is Cc1cc(C(=O)NC2CCCNC2C)c(C)o1. The number of amides is 1. The van der Waals surface area contributed by atoms with Crippen LogP contribution in [-0.2, 0) is 0 Å². The highest BCUT2D eigenvalue weighted by molar-refractivity contribution is 5.95. The fourth-order valence-corrected chi connectivity index (χ4v) is 2.34. The summed E-state index contributed by atoms with van der Waals surface area (Å²) < 4.78 is 5.38. The van der Waals surface area contributed by atoms with Crippen LogP contribution in [0.5, 0.6) is 0 Å². The van der Waals surface area contributed by atoms with Gasteiger partial charge in [0.1, 0.15) is 11.5 Å². The van der Waals surface area contributed by atoms with Crippen molar-refractivity contribution in [1.82, 2.24) is 10.6 Å². The molecular weight excluding hydrogens is 216 g/mol. The number of carbonyl (C=O) groups is 1. The molecule has 1 aromatic rings. The maximum Gasteiger partial charge on any atom is 0.255 e. The first kappa shape index (κ1) is 12.2. The van der Waals surface area contributed by atoms with Crippen molar-refractivity contribution in [2.45, 2.75) is 45.7 Å². The second-order valence-electron chi connectivity index (χ2n) is 4.79. The Morgan fingerprint density at radius 2 is 2.29 bits per heavy atom. The molecule has 2 unspecified atom stereocenters. The van der Waals surface area contributed by atoms with E-state index in [-0.39, 0.29) is 11.9 Å². The van der Waals surface area contributed by atoms with E-state index in [1.807, 2.05) is 13.8 Å². The molecule has 1 amide bonds. The second kappa shape index (κ2) is 4.92. The second-order valence-corrected chi connectivity index (χ2v) is 4.79. The predicted molar refractivity (Wildman–Crippen MR) is 66.1 cm³/mol. The van der Waals surface area contributed by atoms with Gasteiger partial charge in [0, 0.05) is 12.1 Å². The van der Waals surface area contributed by atoms with E-state index in [1.165, 1.54) is 0 Å². The maximum atomic E-state index is 12.1. The molecule has 2 N–H and O–H groups in total. The molecule has 1 aliphatic rings. The summed E-state index contributed by atoms with van der Waals surface area (Å²) in [5.74, 6) is 1.44. The van der Waals surface area contributed by atoms with Crippen LogP contribution < -0.4 is 10.6 Å². The Balaban J connectivity index is 2.03. The van der Waals surface area contributed by atoms with Gasteiger partial charge in [-0.1, -0.05) is 0 Å². The standard InChI is InChI=1S/C13H20N2O2/c1-8-7-11(10(3)17-8)13(16)15-12-5-4-6-14-9(12)2/h7,9,12,14H,4-6H2,1-3H3,(H,15,16). The van der Waals surface area contributed by atoms with Gasteiger partial charge in [-0.15, -0.1) is 0 Å². The number of furan rings is 1. The van der Waals surface area contributed by atoms with Gasteiger partial charge in [-0.3, -0.25) is 4.79 Å². The summed E-state index contributed by atoms with van der Waals surface area (Å²) in [6.45, 7) is 6.83. The lowest BCUT2D eigenvalue weighted by molar-refractivity contribution is 0.0918. The van der Waals surface area contributed by atoms with Crippen LogP contribution >= 0.6 is 0 Å². The summed E-state index contributed by atoms with van der Waals surface area (Å²) in [5.41, 5.74) is 0.653. The molecule has 17 heavy (non-hydrogen) atoms. The van der Waals surface area contributed by atoms with Crippen molar-refractivity contribution in [3.63, 3.8) is 0 Å². The number of aryl methyl sites for hydroxylation is 2. The number of hydrogen-bond acceptors (Lipinski definition) is 3. The van der Waals surface area contributed by atoms with Gasteiger partial charge >= 0.3 is 0 Å². The molecule has 2 atom stereocenters. The van der Waals surface area contributed by atoms with Crippen molar-refractivity contribution >= 4 is 5.91 Å². The first-order valence-corrected chi connectivity index (χ1v) is 6.19. The van der Waals surface area contributed by atoms with E-state index in [0.29, 0.717) is 17.4 Å². The average molecular weight is 236 g/mol. The molecule has 1 saturated heterocycles. The fraction of sp³-hybridized carbons (Fsp3) is 0.615. The van der Waals surface area contributed by atoms with Gasteiger partial charge < -0.3 is 15.1 Å². The maximum absolute atomic E-state index is 12.1. The minimum Gasteiger partial charge on any atom is -0.466 e. The topological polar surface area (TPSA) is 54.3 Å². The van der Waals surface area contributed by atoms with E-state index in [0.717, 1.165) is 25.1 Å². The Morgan fingerprint density at radius 1 is 1.53 bits per heavy atom. The summed E-state index contributed by atoms with van der Waals surface area (Å²) in [4.78, 5) is 12.1. The van der Waals surface area contributed by atoms with Gasteiger partial charge in [0.25, 0.3) is 5.91 Å². The minimum absolute atomic E-state index is 0.0279. The zero-order valence-electron chi connectivity index (χ0n) is 10.7. The molecule has 2 heterocycles. The van der Waals surface area contributed by atoms with Gasteiger partial charge in [-0.05, 0) is 46.2 Å². The highest BCUT2D eigenvalue weighted by atomic mass is 16.3. The molecule has 0 saturated carbocycles. The van der Waals surface area contributed by atoms with Gasteiger partial charge in [0.15, 0.2) is 0 Å². The normalized spacial score (nSPS) is 24.6. The quantitative estimate of drug-likeness (QED) is 0.822. The Morgan fingerprint density at radius 3 is 2.88 bits per heavy atom. The molecule has 0 spiro atoms. The highest BCUT2D eigenvalue weighted by Gasteiger charge is 2.24. The van der Waals surface area contributed by atoms with Crippen LogP contribution in [0.25, 0.3) is 0 Å². The van der Waals surface area contributed by atoms with Crippen LogP contribution in [0.1, 0.15) is 41.6 Å². The monoisotopic (exact) mass is 236 g/mol. The van der Waals surface area contributed by atoms with Gasteiger partial charge in [-0.2, -0.15) is 0 Å². The van der Waals surface area contributed by atoms with E-state index < -0.39 is 0 Å². The highest BCUT2D eigenvalue weighted by Crippen LogP contribution is 2.15. The molecule has 0 aliphatic carbocycles. The Hall–Kier alpha value is -1.29. The minimum atomic E-state index is -0.0279. The lowest BCUT2D eigenvalue weighted by Gasteiger charge is -2.30. The van der Waals surface area contributed by atoms with Crippen LogP contribution in [0.15, 0.2) is 10.5 Å². The molecular formula is C13H20N2O2. The van der Waals surface area contributed by atoms with Crippen LogP contribution in [0.2, 0.25) is 0 Å². The summed E-state index contributed by atoms with van der Waals surface area (Å²) in [5, 5.41) is 6.45. The Labute approximate surface area is 102 Å². The lowest BCUT2D eigenvalue weighted by Crippen LogP contribution is -2.51. The molecule has 0 radical (unpaired) electrons. The van der Waals surface area contributed by atoms with Crippen molar-refractivity contribution in [3.05, 3.63) is 23.2 Å². The van der Waals surface area contributed by atoms with Gasteiger partial charge in [0.2, 0.25) is 0 Å². The van der Waals surface area contributed by atoms with E-state index in [2.05, 4.69) is 17.6 Å². The van der Waals surface area contributed by atoms with Crippen molar-refractivity contribution in [2.24, 2.45) is 0 Å². The molecule has 1 aromatic heterocycles. The fourth-order valence-electron chi connectivity index (χ4n) is 2.34. The van der Waals surface area contributed by atoms with E-state index in [1.54, 1.807) is 6.07 Å². The van der Waals surface area contributed by atoms with Crippen LogP contribution in [-0.4, -0.2) is 24.5 Å². The zero-order valence-corrected chi connectivity index (χ0v) is 10.7. The number of piperidine rings is 1. The zero-order chi connectivity index (χ0) is 12.4. The van der Waals surface area contributed by atoms with Crippen molar-refractivity contribution in [3.8, 4) is 0 Å². The molecule has 1 aliphatic heterocycles. The molecule has 4 nitrogen and oxygen atoms in total. The number of hydrogen-bond donors (Lipinski definition) is 2. The van der Waals surface area contributed by atoms with Crippen LogP contribution in [0, 0.1) is 13.8 Å². The van der Waals surface area contributed by atoms with Gasteiger partial charge in [-0.25, -0.2) is 0 Å². The first-order valence-electron chi connectivity index (χ1n) is 6.19. The molecule has 0 bridgehead atoms. The summed E-state index contributed by atoms with van der Waals surface area (Å²) in [6.07, 6.45) is 2.15. The first-order chi connectivity index (χ1) is 8.08. The number of rotatable bonds is 2. The Kier molecular flexibility index (Phi) is 3.52. The summed E-state index contributed by atoms with van der Waals surface area (Å²) in [6, 6.07) is 2.35. The van der Waals surface area contributed by atoms with Gasteiger partial charge in [0.05, 0.1) is 5.56 Å². The van der Waals surface area contributed by atoms with Crippen LogP contribution in [0.3, 0.4) is 0 Å². The number of nitrogens with one attached hydrogen (secondary N) is 2. The molecule has 2 rings (SSSR count). The molecule has 94 valence electrons. The average Bonchev–Trinajstić information content (AvgIpc) is 2.61. The van der Waals surface area contributed by atoms with Crippen LogP contribution in [0.4, 0.5) is 0 Å². The van der Waals surface area contributed by atoms with Crippen molar-refractivity contribution in [2.75, 3.05) is 6.54 Å². The molecule has 1 fully saturated rings. The predicted octanol–water partition coefficient (Wildman–Crippen LogP) is 1.77. The van der Waals surface area contributed by atoms with Crippen molar-refractivity contribution < 1.29 is 9.21 Å². The van der Waals surface area contributed by atoms with E-state index >= 15 is 0 Å². The molecule has 4 heteroatoms. The third-order valence-electron chi connectivity index (χ3n) is 3.36. The lowest BCUT2D eigenvalue weighted by atomic mass is 9.99. The third-order valence-corrected chi connectivity index (χ3v) is 3.36. The van der Waals surface area contributed by atoms with Crippen molar-refractivity contribution in [1.29, 1.82) is 0 Å². The number of carbonyl (C=O) groups excluding carboxylic acids is 1. The van der Waals surface area contributed by atoms with E-state index in [4.69, 9.17) is 4.42 Å². The summed E-state index contributed by atoms with van der Waals surface area (Å²) in [7, 11) is 0. The largest absolute Gasteiger partial charge is 0.466 e. The summed E-state index contributed by atoms with van der Waals surface area (Å²) >= 11 is 0. The molecule has 0 aromatic carbocycles.